The minimum absolute atomic E-state index is 0.0602. The van der Waals surface area contributed by atoms with Gasteiger partial charge in [0.15, 0.2) is 0 Å². The van der Waals surface area contributed by atoms with Gasteiger partial charge < -0.3 is 5.32 Å². The van der Waals surface area contributed by atoms with Crippen LogP contribution in [-0.2, 0) is 23.8 Å². The zero-order valence-electron chi connectivity index (χ0n) is 18.1. The van der Waals surface area contributed by atoms with E-state index in [9.17, 15) is 4.21 Å². The normalized spacial score (nSPS) is 21.9. The van der Waals surface area contributed by atoms with Crippen LogP contribution in [0, 0.1) is 11.8 Å². The molecule has 1 aromatic rings. The maximum atomic E-state index is 12.2. The Bertz CT molecular complexity index is 553. The molecule has 0 spiro atoms. The van der Waals surface area contributed by atoms with Crippen LogP contribution in [0.15, 0.2) is 24.3 Å². The fourth-order valence-corrected chi connectivity index (χ4v) is 5.09. The standard InChI is InChI=1S/C24H41NOS/c1-5-6-7-20-8-12-22(13-9-20)18-25-19-23-14-10-21(11-15-23)16-17-27(26)24(2,3)4/h8-9,12-13,21,23,25H,5-7,10-11,14-19H2,1-4H3. The Labute approximate surface area is 170 Å². The first-order valence-electron chi connectivity index (χ1n) is 11.1. The molecule has 0 aromatic heterocycles. The zero-order chi connectivity index (χ0) is 19.7. The Kier molecular flexibility index (Phi) is 9.52. The van der Waals surface area contributed by atoms with Crippen molar-refractivity contribution in [3.05, 3.63) is 35.4 Å². The molecule has 0 saturated heterocycles. The first-order valence-corrected chi connectivity index (χ1v) is 12.4. The summed E-state index contributed by atoms with van der Waals surface area (Å²) in [7, 11) is -0.690. The summed E-state index contributed by atoms with van der Waals surface area (Å²) in [5, 5.41) is 3.67. The van der Waals surface area contributed by atoms with Crippen molar-refractivity contribution < 1.29 is 4.21 Å². The van der Waals surface area contributed by atoms with E-state index >= 15 is 0 Å². The lowest BCUT2D eigenvalue weighted by Gasteiger charge is -2.29. The van der Waals surface area contributed by atoms with Crippen LogP contribution in [0.25, 0.3) is 0 Å². The van der Waals surface area contributed by atoms with Gasteiger partial charge in [-0.2, -0.15) is 0 Å². The fourth-order valence-electron chi connectivity index (χ4n) is 3.93. The SMILES string of the molecule is CCCCc1ccc(CNCC2CCC(CCS(=O)C(C)(C)C)CC2)cc1. The highest BCUT2D eigenvalue weighted by Gasteiger charge is 2.24. The molecule has 27 heavy (non-hydrogen) atoms. The van der Waals surface area contributed by atoms with Gasteiger partial charge in [-0.1, -0.05) is 50.5 Å². The van der Waals surface area contributed by atoms with Crippen molar-refractivity contribution >= 4 is 10.8 Å². The molecule has 0 bridgehead atoms. The van der Waals surface area contributed by atoms with Gasteiger partial charge in [0.25, 0.3) is 0 Å². The first kappa shape index (κ1) is 22.6. The molecule has 1 aliphatic carbocycles. The third kappa shape index (κ3) is 8.48. The predicted molar refractivity (Wildman–Crippen MR) is 120 cm³/mol. The van der Waals surface area contributed by atoms with E-state index in [1.54, 1.807) is 0 Å². The molecule has 1 aromatic carbocycles. The topological polar surface area (TPSA) is 29.1 Å². The zero-order valence-corrected chi connectivity index (χ0v) is 18.9. The number of nitrogens with one attached hydrogen (secondary N) is 1. The highest BCUT2D eigenvalue weighted by molar-refractivity contribution is 7.86. The van der Waals surface area contributed by atoms with Crippen LogP contribution in [0.5, 0.6) is 0 Å². The molecule has 0 heterocycles. The van der Waals surface area contributed by atoms with Crippen molar-refractivity contribution in [2.45, 2.75) is 90.4 Å². The summed E-state index contributed by atoms with van der Waals surface area (Å²) >= 11 is 0. The summed E-state index contributed by atoms with van der Waals surface area (Å²) in [5.74, 6) is 2.49. The van der Waals surface area contributed by atoms with Crippen LogP contribution < -0.4 is 5.32 Å². The van der Waals surface area contributed by atoms with Gasteiger partial charge in [-0.05, 0) is 82.4 Å². The molecule has 1 fully saturated rings. The lowest BCUT2D eigenvalue weighted by Crippen LogP contribution is -2.28. The average Bonchev–Trinajstić information content (AvgIpc) is 2.65. The largest absolute Gasteiger partial charge is 0.312 e. The van der Waals surface area contributed by atoms with Gasteiger partial charge in [-0.15, -0.1) is 0 Å². The highest BCUT2D eigenvalue weighted by atomic mass is 32.2. The molecule has 2 rings (SSSR count). The monoisotopic (exact) mass is 391 g/mol. The van der Waals surface area contributed by atoms with Crippen molar-refractivity contribution in [1.29, 1.82) is 0 Å². The third-order valence-corrected chi connectivity index (χ3v) is 7.94. The van der Waals surface area contributed by atoms with Crippen LogP contribution in [-0.4, -0.2) is 21.3 Å². The van der Waals surface area contributed by atoms with Crippen molar-refractivity contribution in [1.82, 2.24) is 5.32 Å². The molecule has 0 amide bonds. The molecule has 1 unspecified atom stereocenters. The second kappa shape index (κ2) is 11.4. The predicted octanol–water partition coefficient (Wildman–Crippen LogP) is 5.86. The molecule has 2 nitrogen and oxygen atoms in total. The van der Waals surface area contributed by atoms with E-state index in [2.05, 4.69) is 57.3 Å². The van der Waals surface area contributed by atoms with Gasteiger partial charge in [-0.3, -0.25) is 4.21 Å². The lowest BCUT2D eigenvalue weighted by atomic mass is 9.81. The van der Waals surface area contributed by atoms with Crippen LogP contribution in [0.4, 0.5) is 0 Å². The van der Waals surface area contributed by atoms with E-state index in [-0.39, 0.29) is 4.75 Å². The second-order valence-electron chi connectivity index (χ2n) is 9.39. The Balaban J connectivity index is 1.60. The summed E-state index contributed by atoms with van der Waals surface area (Å²) in [6.45, 7) is 10.6. The highest BCUT2D eigenvalue weighted by Crippen LogP contribution is 2.31. The Morgan fingerprint density at radius 3 is 2.19 bits per heavy atom. The van der Waals surface area contributed by atoms with E-state index in [1.807, 2.05) is 0 Å². The number of aryl methyl sites for hydroxylation is 1. The van der Waals surface area contributed by atoms with Crippen LogP contribution in [0.3, 0.4) is 0 Å². The number of unbranched alkanes of at least 4 members (excludes halogenated alkanes) is 1. The Morgan fingerprint density at radius 1 is 1.00 bits per heavy atom. The number of rotatable bonds is 10. The Morgan fingerprint density at radius 2 is 1.59 bits per heavy atom. The number of hydrogen-bond donors (Lipinski definition) is 1. The molecular formula is C24H41NOS. The van der Waals surface area contributed by atoms with Crippen molar-refractivity contribution in [2.24, 2.45) is 11.8 Å². The van der Waals surface area contributed by atoms with E-state index in [0.29, 0.717) is 0 Å². The van der Waals surface area contributed by atoms with Gasteiger partial charge in [0, 0.05) is 27.8 Å². The van der Waals surface area contributed by atoms with Gasteiger partial charge in [0.2, 0.25) is 0 Å². The molecule has 1 N–H and O–H groups in total. The fraction of sp³-hybridized carbons (Fsp3) is 0.750. The van der Waals surface area contributed by atoms with Crippen molar-refractivity contribution in [2.75, 3.05) is 12.3 Å². The molecular weight excluding hydrogens is 350 g/mol. The van der Waals surface area contributed by atoms with Crippen molar-refractivity contribution in [3.8, 4) is 0 Å². The summed E-state index contributed by atoms with van der Waals surface area (Å²) in [5.41, 5.74) is 2.86. The van der Waals surface area contributed by atoms with Gasteiger partial charge >= 0.3 is 0 Å². The molecule has 3 heteroatoms. The van der Waals surface area contributed by atoms with Crippen LogP contribution >= 0.6 is 0 Å². The Hall–Kier alpha value is -0.670. The molecule has 154 valence electrons. The first-order chi connectivity index (χ1) is 12.9. The number of hydrogen-bond acceptors (Lipinski definition) is 2. The third-order valence-electron chi connectivity index (χ3n) is 5.96. The maximum Gasteiger partial charge on any atom is 0.0375 e. The molecule has 1 aliphatic rings. The minimum atomic E-state index is -0.690. The quantitative estimate of drug-likeness (QED) is 0.541. The smallest absolute Gasteiger partial charge is 0.0375 e. The maximum absolute atomic E-state index is 12.2. The summed E-state index contributed by atoms with van der Waals surface area (Å²) in [6, 6.07) is 9.15. The van der Waals surface area contributed by atoms with E-state index in [0.717, 1.165) is 37.1 Å². The molecule has 1 atom stereocenters. The summed E-state index contributed by atoms with van der Waals surface area (Å²) in [4.78, 5) is 0. The number of benzene rings is 1. The van der Waals surface area contributed by atoms with Crippen molar-refractivity contribution in [3.63, 3.8) is 0 Å². The van der Waals surface area contributed by atoms with E-state index < -0.39 is 10.8 Å². The molecule has 0 aliphatic heterocycles. The lowest BCUT2D eigenvalue weighted by molar-refractivity contribution is 0.263. The second-order valence-corrected chi connectivity index (χ2v) is 11.7. The van der Waals surface area contributed by atoms with E-state index in [4.69, 9.17) is 0 Å². The van der Waals surface area contributed by atoms with Crippen LogP contribution in [0.2, 0.25) is 0 Å². The van der Waals surface area contributed by atoms with Crippen LogP contribution in [0.1, 0.15) is 83.8 Å². The van der Waals surface area contributed by atoms with Gasteiger partial charge in [0.05, 0.1) is 0 Å². The molecule has 0 radical (unpaired) electrons. The molecule has 1 saturated carbocycles. The average molecular weight is 392 g/mol. The minimum Gasteiger partial charge on any atom is -0.312 e. The van der Waals surface area contributed by atoms with E-state index in [1.165, 1.54) is 56.1 Å². The summed E-state index contributed by atoms with van der Waals surface area (Å²) < 4.78 is 12.2. The van der Waals surface area contributed by atoms with Gasteiger partial charge in [-0.25, -0.2) is 0 Å². The van der Waals surface area contributed by atoms with Gasteiger partial charge in [0.1, 0.15) is 0 Å². The summed E-state index contributed by atoms with van der Waals surface area (Å²) in [6.07, 6.45) is 10.2.